The Kier molecular flexibility index (Phi) is 4.88. The summed E-state index contributed by atoms with van der Waals surface area (Å²) in [6.07, 6.45) is 0. The third-order valence-electron chi connectivity index (χ3n) is 3.50. The van der Waals surface area contributed by atoms with Crippen LogP contribution in [0.5, 0.6) is 11.5 Å². The number of rotatable bonds is 6. The molecule has 2 N–H and O–H groups in total. The number of benzene rings is 2. The summed E-state index contributed by atoms with van der Waals surface area (Å²) in [4.78, 5) is 11.1. The number of carboxylic acid groups (broad SMARTS) is 1. The highest BCUT2D eigenvalue weighted by Gasteiger charge is 2.10. The molecule has 0 amide bonds. The van der Waals surface area contributed by atoms with Gasteiger partial charge in [-0.05, 0) is 42.3 Å². The molecule has 0 atom stereocenters. The van der Waals surface area contributed by atoms with E-state index in [1.807, 2.05) is 24.3 Å². The number of aromatic carboxylic acids is 1. The summed E-state index contributed by atoms with van der Waals surface area (Å²) in [5.74, 6) is 0.417. The zero-order chi connectivity index (χ0) is 16.1. The predicted molar refractivity (Wildman–Crippen MR) is 85.0 cm³/mol. The molecule has 0 saturated carbocycles. The van der Waals surface area contributed by atoms with Crippen LogP contribution in [0, 0.1) is 6.92 Å². The number of nitrogens with one attached hydrogen (secondary N) is 1. The topological polar surface area (TPSA) is 67.8 Å². The third kappa shape index (κ3) is 3.31. The number of hydrogen-bond donors (Lipinski definition) is 2. The van der Waals surface area contributed by atoms with Gasteiger partial charge in [0.1, 0.15) is 0 Å². The smallest absolute Gasteiger partial charge is 0.336 e. The molecule has 0 radical (unpaired) electrons. The van der Waals surface area contributed by atoms with Gasteiger partial charge in [-0.2, -0.15) is 0 Å². The van der Waals surface area contributed by atoms with Gasteiger partial charge in [0.15, 0.2) is 11.5 Å². The fourth-order valence-electron chi connectivity index (χ4n) is 2.25. The van der Waals surface area contributed by atoms with Crippen LogP contribution in [0.25, 0.3) is 0 Å². The van der Waals surface area contributed by atoms with Crippen molar-refractivity contribution in [3.05, 3.63) is 53.1 Å². The molecule has 116 valence electrons. The zero-order valence-electron chi connectivity index (χ0n) is 12.8. The van der Waals surface area contributed by atoms with Crippen molar-refractivity contribution in [2.45, 2.75) is 13.5 Å². The molecule has 5 nitrogen and oxygen atoms in total. The maximum atomic E-state index is 11.1. The molecule has 22 heavy (non-hydrogen) atoms. The van der Waals surface area contributed by atoms with E-state index in [4.69, 9.17) is 14.6 Å². The fraction of sp³-hybridized carbons (Fsp3) is 0.235. The first-order valence-corrected chi connectivity index (χ1v) is 6.84. The number of anilines is 1. The number of hydrogen-bond acceptors (Lipinski definition) is 4. The molecule has 2 rings (SSSR count). The van der Waals surface area contributed by atoms with Gasteiger partial charge < -0.3 is 19.9 Å². The van der Waals surface area contributed by atoms with Crippen molar-refractivity contribution in [2.75, 3.05) is 19.5 Å². The lowest BCUT2D eigenvalue weighted by molar-refractivity contribution is 0.0696. The lowest BCUT2D eigenvalue weighted by atomic mass is 10.1. The van der Waals surface area contributed by atoms with Crippen LogP contribution in [0.4, 0.5) is 5.69 Å². The first kappa shape index (κ1) is 15.7. The maximum absolute atomic E-state index is 11.1. The second-order valence-electron chi connectivity index (χ2n) is 4.83. The van der Waals surface area contributed by atoms with E-state index in [1.54, 1.807) is 33.3 Å². The average Bonchev–Trinajstić information content (AvgIpc) is 2.53. The quantitative estimate of drug-likeness (QED) is 0.856. The Morgan fingerprint density at radius 2 is 1.86 bits per heavy atom. The molecule has 2 aromatic rings. The van der Waals surface area contributed by atoms with Crippen molar-refractivity contribution < 1.29 is 19.4 Å². The number of methoxy groups -OCH3 is 2. The van der Waals surface area contributed by atoms with Crippen LogP contribution in [0.1, 0.15) is 21.5 Å². The van der Waals surface area contributed by atoms with Gasteiger partial charge in [-0.1, -0.05) is 12.1 Å². The van der Waals surface area contributed by atoms with Crippen LogP contribution < -0.4 is 14.8 Å². The Bertz CT molecular complexity index is 682. The Morgan fingerprint density at radius 3 is 2.50 bits per heavy atom. The van der Waals surface area contributed by atoms with Crippen LogP contribution in [0.15, 0.2) is 36.4 Å². The average molecular weight is 301 g/mol. The van der Waals surface area contributed by atoms with Gasteiger partial charge in [0, 0.05) is 12.2 Å². The lowest BCUT2D eigenvalue weighted by Crippen LogP contribution is -2.06. The van der Waals surface area contributed by atoms with Crippen LogP contribution >= 0.6 is 0 Å². The van der Waals surface area contributed by atoms with E-state index in [0.29, 0.717) is 23.6 Å². The number of ether oxygens (including phenoxy) is 2. The fourth-order valence-corrected chi connectivity index (χ4v) is 2.25. The second-order valence-corrected chi connectivity index (χ2v) is 4.83. The molecular formula is C17H19NO4. The summed E-state index contributed by atoms with van der Waals surface area (Å²) in [5, 5.41) is 12.4. The SMILES string of the molecule is COc1ccc(CNc2cccc(C(=O)O)c2C)cc1OC. The van der Waals surface area contributed by atoms with E-state index < -0.39 is 5.97 Å². The first-order chi connectivity index (χ1) is 10.6. The summed E-state index contributed by atoms with van der Waals surface area (Å²) in [5.41, 5.74) is 2.83. The van der Waals surface area contributed by atoms with Crippen molar-refractivity contribution in [2.24, 2.45) is 0 Å². The van der Waals surface area contributed by atoms with Crippen molar-refractivity contribution in [1.82, 2.24) is 0 Å². The second kappa shape index (κ2) is 6.85. The summed E-state index contributed by atoms with van der Waals surface area (Å²) < 4.78 is 10.5. The summed E-state index contributed by atoms with van der Waals surface area (Å²) in [6, 6.07) is 10.9. The predicted octanol–water partition coefficient (Wildman–Crippen LogP) is 3.32. The lowest BCUT2D eigenvalue weighted by Gasteiger charge is -2.13. The van der Waals surface area contributed by atoms with Gasteiger partial charge in [0.05, 0.1) is 19.8 Å². The summed E-state index contributed by atoms with van der Waals surface area (Å²) in [7, 11) is 3.19. The maximum Gasteiger partial charge on any atom is 0.336 e. The summed E-state index contributed by atoms with van der Waals surface area (Å²) in [6.45, 7) is 2.35. The molecule has 5 heteroatoms. The first-order valence-electron chi connectivity index (χ1n) is 6.84. The van der Waals surface area contributed by atoms with Gasteiger partial charge in [-0.3, -0.25) is 0 Å². The third-order valence-corrected chi connectivity index (χ3v) is 3.50. The molecule has 0 heterocycles. The van der Waals surface area contributed by atoms with Crippen LogP contribution in [-0.2, 0) is 6.54 Å². The Morgan fingerprint density at radius 1 is 1.14 bits per heavy atom. The summed E-state index contributed by atoms with van der Waals surface area (Å²) >= 11 is 0. The zero-order valence-corrected chi connectivity index (χ0v) is 12.8. The van der Waals surface area contributed by atoms with Crippen molar-refractivity contribution >= 4 is 11.7 Å². The standard InChI is InChI=1S/C17H19NO4/c1-11-13(17(19)20)5-4-6-14(11)18-10-12-7-8-15(21-2)16(9-12)22-3/h4-9,18H,10H2,1-3H3,(H,19,20). The monoisotopic (exact) mass is 301 g/mol. The van der Waals surface area contributed by atoms with Gasteiger partial charge in [-0.25, -0.2) is 4.79 Å². The van der Waals surface area contributed by atoms with E-state index >= 15 is 0 Å². The Balaban J connectivity index is 2.17. The largest absolute Gasteiger partial charge is 0.493 e. The molecule has 0 unspecified atom stereocenters. The minimum atomic E-state index is -0.924. The normalized spacial score (nSPS) is 10.1. The molecule has 0 aliphatic heterocycles. The van der Waals surface area contributed by atoms with Crippen LogP contribution in [-0.4, -0.2) is 25.3 Å². The molecule has 0 bridgehead atoms. The molecule has 0 aliphatic carbocycles. The molecule has 0 spiro atoms. The highest BCUT2D eigenvalue weighted by atomic mass is 16.5. The van der Waals surface area contributed by atoms with Gasteiger partial charge in [0.2, 0.25) is 0 Å². The number of carbonyl (C=O) groups is 1. The molecule has 0 fully saturated rings. The molecule has 0 aromatic heterocycles. The van der Waals surface area contributed by atoms with Crippen molar-refractivity contribution in [3.8, 4) is 11.5 Å². The highest BCUT2D eigenvalue weighted by Crippen LogP contribution is 2.28. The van der Waals surface area contributed by atoms with Gasteiger partial charge in [0.25, 0.3) is 0 Å². The van der Waals surface area contributed by atoms with Crippen LogP contribution in [0.3, 0.4) is 0 Å². The molecule has 0 aliphatic rings. The molecular weight excluding hydrogens is 282 g/mol. The van der Waals surface area contributed by atoms with E-state index in [1.165, 1.54) is 0 Å². The molecule has 2 aromatic carbocycles. The molecule has 0 saturated heterocycles. The van der Waals surface area contributed by atoms with Crippen molar-refractivity contribution in [1.29, 1.82) is 0 Å². The van der Waals surface area contributed by atoms with Crippen molar-refractivity contribution in [3.63, 3.8) is 0 Å². The Hall–Kier alpha value is -2.69. The van der Waals surface area contributed by atoms with E-state index in [0.717, 1.165) is 16.8 Å². The van der Waals surface area contributed by atoms with Crippen LogP contribution in [0.2, 0.25) is 0 Å². The Labute approximate surface area is 129 Å². The van der Waals surface area contributed by atoms with E-state index in [2.05, 4.69) is 5.32 Å². The number of carboxylic acids is 1. The van der Waals surface area contributed by atoms with E-state index in [9.17, 15) is 4.79 Å². The van der Waals surface area contributed by atoms with Gasteiger partial charge >= 0.3 is 5.97 Å². The van der Waals surface area contributed by atoms with Gasteiger partial charge in [-0.15, -0.1) is 0 Å². The van der Waals surface area contributed by atoms with E-state index in [-0.39, 0.29) is 0 Å². The minimum Gasteiger partial charge on any atom is -0.493 e. The highest BCUT2D eigenvalue weighted by molar-refractivity contribution is 5.91. The minimum absolute atomic E-state index is 0.303.